The standard InChI is InChI=1S/C19H21FN2O/c20-17-8-4-5-14(10-17)9-15-11-18(21)13-22(12-15)19(23)16-6-2-1-3-7-16/h1-8,10,15,18H,9,11-13,21H2. The summed E-state index contributed by atoms with van der Waals surface area (Å²) in [6.07, 6.45) is 1.60. The molecule has 2 atom stereocenters. The lowest BCUT2D eigenvalue weighted by Crippen LogP contribution is -2.49. The minimum Gasteiger partial charge on any atom is -0.337 e. The third-order valence-corrected chi connectivity index (χ3v) is 4.29. The third kappa shape index (κ3) is 3.96. The summed E-state index contributed by atoms with van der Waals surface area (Å²) in [5.74, 6) is 0.0537. The minimum atomic E-state index is -0.222. The monoisotopic (exact) mass is 312 g/mol. The van der Waals surface area contributed by atoms with Gasteiger partial charge in [-0.1, -0.05) is 30.3 Å². The van der Waals surface area contributed by atoms with Gasteiger partial charge in [-0.3, -0.25) is 4.79 Å². The van der Waals surface area contributed by atoms with E-state index < -0.39 is 0 Å². The molecule has 1 heterocycles. The first-order valence-corrected chi connectivity index (χ1v) is 7.96. The van der Waals surface area contributed by atoms with E-state index in [9.17, 15) is 9.18 Å². The normalized spacial score (nSPS) is 21.2. The van der Waals surface area contributed by atoms with Crippen LogP contribution in [0.4, 0.5) is 4.39 Å². The fourth-order valence-electron chi connectivity index (χ4n) is 3.32. The van der Waals surface area contributed by atoms with Crippen LogP contribution in [-0.2, 0) is 6.42 Å². The first kappa shape index (κ1) is 15.7. The zero-order chi connectivity index (χ0) is 16.2. The molecule has 1 aliphatic heterocycles. The Balaban J connectivity index is 1.70. The van der Waals surface area contributed by atoms with Crippen molar-refractivity contribution in [2.45, 2.75) is 18.9 Å². The molecule has 0 aromatic heterocycles. The Labute approximate surface area is 135 Å². The number of hydrogen-bond acceptors (Lipinski definition) is 2. The van der Waals surface area contributed by atoms with Crippen molar-refractivity contribution in [2.75, 3.05) is 13.1 Å². The summed E-state index contributed by atoms with van der Waals surface area (Å²) in [7, 11) is 0. The molecule has 1 amide bonds. The molecule has 2 aromatic carbocycles. The number of halogens is 1. The number of carbonyl (C=O) groups is 1. The van der Waals surface area contributed by atoms with Crippen molar-refractivity contribution in [1.82, 2.24) is 4.90 Å². The highest BCUT2D eigenvalue weighted by atomic mass is 19.1. The van der Waals surface area contributed by atoms with Crippen molar-refractivity contribution < 1.29 is 9.18 Å². The Morgan fingerprint density at radius 3 is 2.65 bits per heavy atom. The number of rotatable bonds is 3. The average Bonchev–Trinajstić information content (AvgIpc) is 2.54. The molecule has 4 heteroatoms. The van der Waals surface area contributed by atoms with Crippen LogP contribution in [0.5, 0.6) is 0 Å². The van der Waals surface area contributed by atoms with Gasteiger partial charge in [0.1, 0.15) is 5.82 Å². The van der Waals surface area contributed by atoms with Gasteiger partial charge in [0.05, 0.1) is 0 Å². The highest BCUT2D eigenvalue weighted by Crippen LogP contribution is 2.22. The molecule has 2 N–H and O–H groups in total. The molecule has 2 aromatic rings. The van der Waals surface area contributed by atoms with Crippen LogP contribution in [0, 0.1) is 11.7 Å². The first-order valence-electron chi connectivity index (χ1n) is 7.96. The second kappa shape index (κ2) is 6.92. The average molecular weight is 312 g/mol. The number of piperidine rings is 1. The minimum absolute atomic E-state index is 0.0185. The van der Waals surface area contributed by atoms with E-state index >= 15 is 0 Å². The van der Waals surface area contributed by atoms with Gasteiger partial charge in [-0.2, -0.15) is 0 Å². The van der Waals surface area contributed by atoms with Crippen LogP contribution < -0.4 is 5.73 Å². The smallest absolute Gasteiger partial charge is 0.253 e. The van der Waals surface area contributed by atoms with Crippen LogP contribution >= 0.6 is 0 Å². The van der Waals surface area contributed by atoms with Crippen molar-refractivity contribution >= 4 is 5.91 Å². The van der Waals surface area contributed by atoms with E-state index in [1.165, 1.54) is 6.07 Å². The maximum absolute atomic E-state index is 13.3. The summed E-state index contributed by atoms with van der Waals surface area (Å²) in [4.78, 5) is 14.4. The van der Waals surface area contributed by atoms with Crippen LogP contribution in [0.25, 0.3) is 0 Å². The molecule has 3 nitrogen and oxygen atoms in total. The summed E-state index contributed by atoms with van der Waals surface area (Å²) in [5.41, 5.74) is 7.79. The fourth-order valence-corrected chi connectivity index (χ4v) is 3.32. The number of amides is 1. The largest absolute Gasteiger partial charge is 0.337 e. The molecule has 0 radical (unpaired) electrons. The predicted octanol–water partition coefficient (Wildman–Crippen LogP) is 2.86. The molecule has 120 valence electrons. The lowest BCUT2D eigenvalue weighted by molar-refractivity contribution is 0.0649. The molecular formula is C19H21FN2O. The van der Waals surface area contributed by atoms with E-state index in [0.717, 1.165) is 18.4 Å². The maximum atomic E-state index is 13.3. The number of benzene rings is 2. The lowest BCUT2D eigenvalue weighted by Gasteiger charge is -2.36. The fraction of sp³-hybridized carbons (Fsp3) is 0.316. The van der Waals surface area contributed by atoms with Gasteiger partial charge in [-0.25, -0.2) is 4.39 Å². The summed E-state index contributed by atoms with van der Waals surface area (Å²) in [6.45, 7) is 1.24. The molecule has 2 unspecified atom stereocenters. The molecule has 0 spiro atoms. The molecule has 1 fully saturated rings. The molecule has 0 saturated carbocycles. The Kier molecular flexibility index (Phi) is 4.72. The topological polar surface area (TPSA) is 46.3 Å². The maximum Gasteiger partial charge on any atom is 0.253 e. The van der Waals surface area contributed by atoms with Crippen molar-refractivity contribution in [2.24, 2.45) is 11.7 Å². The first-order chi connectivity index (χ1) is 11.1. The number of nitrogens with zero attached hydrogens (tertiary/aromatic N) is 1. The molecule has 1 saturated heterocycles. The summed E-state index contributed by atoms with van der Waals surface area (Å²) in [6, 6.07) is 15.9. The van der Waals surface area contributed by atoms with E-state index in [4.69, 9.17) is 5.73 Å². The third-order valence-electron chi connectivity index (χ3n) is 4.29. The summed E-state index contributed by atoms with van der Waals surface area (Å²) in [5, 5.41) is 0. The van der Waals surface area contributed by atoms with E-state index in [2.05, 4.69) is 0 Å². The van der Waals surface area contributed by atoms with Crippen LogP contribution in [0.15, 0.2) is 54.6 Å². The van der Waals surface area contributed by atoms with Crippen molar-refractivity contribution in [1.29, 1.82) is 0 Å². The Hall–Kier alpha value is -2.20. The van der Waals surface area contributed by atoms with E-state index in [-0.39, 0.29) is 23.7 Å². The van der Waals surface area contributed by atoms with Gasteiger partial charge in [0.25, 0.3) is 5.91 Å². The predicted molar refractivity (Wildman–Crippen MR) is 88.5 cm³/mol. The Morgan fingerprint density at radius 2 is 1.91 bits per heavy atom. The number of likely N-dealkylation sites (tertiary alicyclic amines) is 1. The lowest BCUT2D eigenvalue weighted by atomic mass is 9.88. The van der Waals surface area contributed by atoms with Crippen molar-refractivity contribution in [3.63, 3.8) is 0 Å². The van der Waals surface area contributed by atoms with Gasteiger partial charge in [-0.05, 0) is 48.6 Å². The second-order valence-electron chi connectivity index (χ2n) is 6.27. The molecule has 23 heavy (non-hydrogen) atoms. The van der Waals surface area contributed by atoms with Crippen molar-refractivity contribution in [3.8, 4) is 0 Å². The SMILES string of the molecule is NC1CC(Cc2cccc(F)c2)CN(C(=O)c2ccccc2)C1. The Bertz CT molecular complexity index is 674. The van der Waals surface area contributed by atoms with Crippen LogP contribution in [0.1, 0.15) is 22.3 Å². The van der Waals surface area contributed by atoms with Crippen LogP contribution in [0.3, 0.4) is 0 Å². The van der Waals surface area contributed by atoms with E-state index in [1.54, 1.807) is 12.1 Å². The number of carbonyl (C=O) groups excluding carboxylic acids is 1. The number of nitrogens with two attached hydrogens (primary N) is 1. The van der Waals surface area contributed by atoms with Gasteiger partial charge in [-0.15, -0.1) is 0 Å². The zero-order valence-electron chi connectivity index (χ0n) is 13.0. The van der Waals surface area contributed by atoms with Crippen LogP contribution in [-0.4, -0.2) is 29.9 Å². The zero-order valence-corrected chi connectivity index (χ0v) is 13.0. The van der Waals surface area contributed by atoms with E-state index in [1.807, 2.05) is 41.3 Å². The Morgan fingerprint density at radius 1 is 1.13 bits per heavy atom. The number of hydrogen-bond donors (Lipinski definition) is 1. The van der Waals surface area contributed by atoms with Gasteiger partial charge in [0.15, 0.2) is 0 Å². The summed E-state index contributed by atoms with van der Waals surface area (Å²) >= 11 is 0. The van der Waals surface area contributed by atoms with Crippen LogP contribution in [0.2, 0.25) is 0 Å². The highest BCUT2D eigenvalue weighted by molar-refractivity contribution is 5.94. The molecule has 0 bridgehead atoms. The van der Waals surface area contributed by atoms with E-state index in [0.29, 0.717) is 18.7 Å². The summed E-state index contributed by atoms with van der Waals surface area (Å²) < 4.78 is 13.3. The van der Waals surface area contributed by atoms with Gasteiger partial charge in [0, 0.05) is 24.7 Å². The van der Waals surface area contributed by atoms with Gasteiger partial charge >= 0.3 is 0 Å². The highest BCUT2D eigenvalue weighted by Gasteiger charge is 2.28. The molecule has 3 rings (SSSR count). The quantitative estimate of drug-likeness (QED) is 0.947. The van der Waals surface area contributed by atoms with Crippen molar-refractivity contribution in [3.05, 3.63) is 71.5 Å². The molecule has 1 aliphatic rings. The second-order valence-corrected chi connectivity index (χ2v) is 6.27. The molecule has 0 aliphatic carbocycles. The van der Waals surface area contributed by atoms with Gasteiger partial charge < -0.3 is 10.6 Å². The molecular weight excluding hydrogens is 291 g/mol. The van der Waals surface area contributed by atoms with Gasteiger partial charge in [0.2, 0.25) is 0 Å².